The van der Waals surface area contributed by atoms with Gasteiger partial charge in [0.15, 0.2) is 0 Å². The molecular formula is C16H21NO3. The van der Waals surface area contributed by atoms with E-state index in [4.69, 9.17) is 5.11 Å². The lowest BCUT2D eigenvalue weighted by molar-refractivity contribution is -0.140. The number of nitrogens with one attached hydrogen (secondary N) is 1. The summed E-state index contributed by atoms with van der Waals surface area (Å²) < 4.78 is 0. The van der Waals surface area contributed by atoms with Crippen LogP contribution in [-0.2, 0) is 9.59 Å². The zero-order valence-corrected chi connectivity index (χ0v) is 12.3. The molecule has 0 aliphatic heterocycles. The minimum Gasteiger partial charge on any atom is -0.481 e. The lowest BCUT2D eigenvalue weighted by atomic mass is 10.0. The van der Waals surface area contributed by atoms with Crippen molar-refractivity contribution in [1.82, 2.24) is 0 Å². The zero-order valence-electron chi connectivity index (χ0n) is 12.3. The predicted octanol–water partition coefficient (Wildman–Crippen LogP) is 3.11. The van der Waals surface area contributed by atoms with E-state index in [0.29, 0.717) is 5.92 Å². The van der Waals surface area contributed by atoms with Gasteiger partial charge in [0.1, 0.15) is 0 Å². The summed E-state index contributed by atoms with van der Waals surface area (Å²) >= 11 is 0. The number of amides is 1. The van der Waals surface area contributed by atoms with E-state index in [0.717, 1.165) is 11.3 Å². The fourth-order valence-corrected chi connectivity index (χ4v) is 2.91. The third-order valence-electron chi connectivity index (χ3n) is 4.22. The van der Waals surface area contributed by atoms with Gasteiger partial charge in [-0.2, -0.15) is 0 Å². The van der Waals surface area contributed by atoms with Crippen molar-refractivity contribution in [2.45, 2.75) is 33.6 Å². The molecule has 4 nitrogen and oxygen atoms in total. The Morgan fingerprint density at radius 1 is 1.20 bits per heavy atom. The molecule has 0 saturated heterocycles. The second kappa shape index (κ2) is 4.93. The lowest BCUT2D eigenvalue weighted by Crippen LogP contribution is -2.18. The molecule has 1 aromatic carbocycles. The highest BCUT2D eigenvalue weighted by Crippen LogP contribution is 2.58. The minimum atomic E-state index is -0.896. The van der Waals surface area contributed by atoms with Gasteiger partial charge < -0.3 is 10.4 Å². The number of rotatable bonds is 4. The van der Waals surface area contributed by atoms with E-state index in [9.17, 15) is 9.59 Å². The molecule has 0 radical (unpaired) electrons. The molecule has 2 rings (SSSR count). The molecule has 1 saturated carbocycles. The number of anilines is 1. The Balaban J connectivity index is 2.16. The van der Waals surface area contributed by atoms with Gasteiger partial charge in [0.25, 0.3) is 0 Å². The molecule has 1 aliphatic carbocycles. The average Bonchev–Trinajstić information content (AvgIpc) is 2.93. The first kappa shape index (κ1) is 14.6. The molecule has 0 unspecified atom stereocenters. The monoisotopic (exact) mass is 275 g/mol. The van der Waals surface area contributed by atoms with E-state index in [1.165, 1.54) is 0 Å². The summed E-state index contributed by atoms with van der Waals surface area (Å²) in [6.45, 7) is 7.77. The number of carbonyl (C=O) groups is 2. The number of hydrogen-bond donors (Lipinski definition) is 2. The molecule has 1 amide bonds. The molecule has 108 valence electrons. The highest BCUT2D eigenvalue weighted by molar-refractivity contribution is 6.00. The summed E-state index contributed by atoms with van der Waals surface area (Å²) in [5, 5.41) is 12.0. The maximum absolute atomic E-state index is 12.3. The Hall–Kier alpha value is -1.84. The van der Waals surface area contributed by atoms with E-state index in [1.807, 2.05) is 38.1 Å². The quantitative estimate of drug-likeness (QED) is 0.887. The molecule has 2 N–H and O–H groups in total. The van der Waals surface area contributed by atoms with Crippen LogP contribution < -0.4 is 5.32 Å². The number of hydrogen-bond acceptors (Lipinski definition) is 2. The first-order chi connectivity index (χ1) is 9.26. The molecule has 0 spiro atoms. The Kier molecular flexibility index (Phi) is 3.59. The smallest absolute Gasteiger partial charge is 0.307 e. The SMILES string of the molecule is CC(C)c1ccccc1NC(=O)[C@H]1[C@@H](C(=O)O)C1(C)C. The van der Waals surface area contributed by atoms with E-state index in [1.54, 1.807) is 0 Å². The van der Waals surface area contributed by atoms with Crippen LogP contribution in [0.5, 0.6) is 0 Å². The number of benzene rings is 1. The molecule has 1 aromatic rings. The molecule has 2 atom stereocenters. The summed E-state index contributed by atoms with van der Waals surface area (Å²) in [7, 11) is 0. The van der Waals surface area contributed by atoms with Crippen LogP contribution in [0.1, 0.15) is 39.2 Å². The summed E-state index contributed by atoms with van der Waals surface area (Å²) in [4.78, 5) is 23.4. The number of carbonyl (C=O) groups excluding carboxylic acids is 1. The molecular weight excluding hydrogens is 254 g/mol. The van der Waals surface area contributed by atoms with Crippen molar-refractivity contribution < 1.29 is 14.7 Å². The Labute approximate surface area is 119 Å². The third kappa shape index (κ3) is 2.42. The normalized spacial score (nSPS) is 23.4. The van der Waals surface area contributed by atoms with E-state index in [2.05, 4.69) is 19.2 Å². The molecule has 20 heavy (non-hydrogen) atoms. The molecule has 1 aliphatic rings. The molecule has 0 bridgehead atoms. The van der Waals surface area contributed by atoms with Crippen LogP contribution in [0.15, 0.2) is 24.3 Å². The van der Waals surface area contributed by atoms with Gasteiger partial charge in [-0.3, -0.25) is 9.59 Å². The number of para-hydroxylation sites is 1. The summed E-state index contributed by atoms with van der Waals surface area (Å²) in [5.41, 5.74) is 1.37. The number of carboxylic acid groups (broad SMARTS) is 1. The standard InChI is InChI=1S/C16H21NO3/c1-9(2)10-7-5-6-8-11(10)17-14(18)12-13(15(19)20)16(12,3)4/h5-9,12-13H,1-4H3,(H,17,18)(H,19,20)/t12-,13+/m1/s1. The maximum atomic E-state index is 12.3. The van der Waals surface area contributed by atoms with Crippen LogP contribution >= 0.6 is 0 Å². The summed E-state index contributed by atoms with van der Waals surface area (Å²) in [6.07, 6.45) is 0. The van der Waals surface area contributed by atoms with E-state index >= 15 is 0 Å². The van der Waals surface area contributed by atoms with Crippen molar-refractivity contribution >= 4 is 17.6 Å². The van der Waals surface area contributed by atoms with Crippen molar-refractivity contribution in [2.75, 3.05) is 5.32 Å². The van der Waals surface area contributed by atoms with E-state index in [-0.39, 0.29) is 5.91 Å². The second-order valence-electron chi connectivity index (χ2n) is 6.35. The number of carboxylic acids is 1. The van der Waals surface area contributed by atoms with Crippen LogP contribution in [-0.4, -0.2) is 17.0 Å². The summed E-state index contributed by atoms with van der Waals surface area (Å²) in [5.74, 6) is -1.84. The molecule has 0 heterocycles. The van der Waals surface area contributed by atoms with Gasteiger partial charge in [0, 0.05) is 5.69 Å². The highest BCUT2D eigenvalue weighted by Gasteiger charge is 2.65. The largest absolute Gasteiger partial charge is 0.481 e. The first-order valence-electron chi connectivity index (χ1n) is 6.89. The Morgan fingerprint density at radius 2 is 1.80 bits per heavy atom. The highest BCUT2D eigenvalue weighted by atomic mass is 16.4. The molecule has 1 fully saturated rings. The lowest BCUT2D eigenvalue weighted by Gasteiger charge is -2.14. The maximum Gasteiger partial charge on any atom is 0.307 e. The Bertz CT molecular complexity index is 548. The minimum absolute atomic E-state index is 0.199. The van der Waals surface area contributed by atoms with Crippen molar-refractivity contribution in [3.05, 3.63) is 29.8 Å². The van der Waals surface area contributed by atoms with Crippen LogP contribution in [0, 0.1) is 17.3 Å². The van der Waals surface area contributed by atoms with Crippen molar-refractivity contribution in [2.24, 2.45) is 17.3 Å². The summed E-state index contributed by atoms with van der Waals surface area (Å²) in [6, 6.07) is 7.64. The molecule has 0 aromatic heterocycles. The zero-order chi connectivity index (χ0) is 15.1. The van der Waals surface area contributed by atoms with Gasteiger partial charge in [0.05, 0.1) is 11.8 Å². The van der Waals surface area contributed by atoms with Gasteiger partial charge >= 0.3 is 5.97 Å². The fourth-order valence-electron chi connectivity index (χ4n) is 2.91. The predicted molar refractivity (Wildman–Crippen MR) is 77.6 cm³/mol. The van der Waals surface area contributed by atoms with E-state index < -0.39 is 23.2 Å². The van der Waals surface area contributed by atoms with Gasteiger partial charge in [-0.25, -0.2) is 0 Å². The van der Waals surface area contributed by atoms with Gasteiger partial charge in [-0.15, -0.1) is 0 Å². The van der Waals surface area contributed by atoms with Crippen molar-refractivity contribution in [1.29, 1.82) is 0 Å². The fraction of sp³-hybridized carbons (Fsp3) is 0.500. The Morgan fingerprint density at radius 3 is 2.30 bits per heavy atom. The van der Waals surface area contributed by atoms with Crippen LogP contribution in [0.4, 0.5) is 5.69 Å². The number of aliphatic carboxylic acids is 1. The second-order valence-corrected chi connectivity index (χ2v) is 6.35. The van der Waals surface area contributed by atoms with Crippen molar-refractivity contribution in [3.63, 3.8) is 0 Å². The third-order valence-corrected chi connectivity index (χ3v) is 4.22. The van der Waals surface area contributed by atoms with Crippen LogP contribution in [0.3, 0.4) is 0 Å². The average molecular weight is 275 g/mol. The van der Waals surface area contributed by atoms with Crippen LogP contribution in [0.25, 0.3) is 0 Å². The topological polar surface area (TPSA) is 66.4 Å². The van der Waals surface area contributed by atoms with Gasteiger partial charge in [-0.1, -0.05) is 45.9 Å². The van der Waals surface area contributed by atoms with Crippen molar-refractivity contribution in [3.8, 4) is 0 Å². The van der Waals surface area contributed by atoms with Gasteiger partial charge in [-0.05, 0) is 23.0 Å². The first-order valence-corrected chi connectivity index (χ1v) is 6.89. The molecule has 4 heteroatoms. The van der Waals surface area contributed by atoms with Crippen LogP contribution in [0.2, 0.25) is 0 Å². The van der Waals surface area contributed by atoms with Gasteiger partial charge in [0.2, 0.25) is 5.91 Å².